The Morgan fingerprint density at radius 3 is 3.00 bits per heavy atom. The van der Waals surface area contributed by atoms with Crippen molar-refractivity contribution in [2.75, 3.05) is 25.5 Å². The van der Waals surface area contributed by atoms with Gasteiger partial charge in [-0.2, -0.15) is 0 Å². The summed E-state index contributed by atoms with van der Waals surface area (Å²) < 4.78 is 5.75. The monoisotopic (exact) mass is 287 g/mol. The van der Waals surface area contributed by atoms with E-state index >= 15 is 0 Å². The molecule has 1 unspecified atom stereocenters. The second-order valence-electron chi connectivity index (χ2n) is 6.40. The molecule has 1 aromatic carbocycles. The van der Waals surface area contributed by atoms with E-state index in [0.717, 1.165) is 29.2 Å². The minimum atomic E-state index is 0.324. The third-order valence-electron chi connectivity index (χ3n) is 4.36. The summed E-state index contributed by atoms with van der Waals surface area (Å²) in [6.45, 7) is 6.41. The highest BCUT2D eigenvalue weighted by Gasteiger charge is 2.18. The number of likely N-dealkylation sites (N-methyl/N-ethyl adjacent to an activating group) is 1. The van der Waals surface area contributed by atoms with Crippen molar-refractivity contribution in [3.8, 4) is 0 Å². The molecule has 1 atom stereocenters. The van der Waals surface area contributed by atoms with E-state index in [-0.39, 0.29) is 0 Å². The van der Waals surface area contributed by atoms with Crippen molar-refractivity contribution >= 4 is 16.8 Å². The zero-order chi connectivity index (χ0) is 14.8. The SMILES string of the molecule is CC(C)c1nc2cc(NCC3CCCCN3C)ccc2o1. The first-order chi connectivity index (χ1) is 10.1. The maximum Gasteiger partial charge on any atom is 0.198 e. The van der Waals surface area contributed by atoms with E-state index in [2.05, 4.69) is 48.2 Å². The van der Waals surface area contributed by atoms with Crippen LogP contribution in [-0.4, -0.2) is 36.1 Å². The van der Waals surface area contributed by atoms with Gasteiger partial charge in [-0.25, -0.2) is 4.98 Å². The van der Waals surface area contributed by atoms with E-state index in [1.165, 1.54) is 25.8 Å². The molecule has 1 saturated heterocycles. The zero-order valence-corrected chi connectivity index (χ0v) is 13.2. The average Bonchev–Trinajstić information content (AvgIpc) is 2.90. The highest BCUT2D eigenvalue weighted by molar-refractivity contribution is 5.77. The lowest BCUT2D eigenvalue weighted by atomic mass is 10.0. The van der Waals surface area contributed by atoms with Crippen LogP contribution in [-0.2, 0) is 0 Å². The van der Waals surface area contributed by atoms with Crippen LogP contribution in [0.25, 0.3) is 11.1 Å². The maximum absolute atomic E-state index is 5.75. The second-order valence-corrected chi connectivity index (χ2v) is 6.40. The Hall–Kier alpha value is -1.55. The summed E-state index contributed by atoms with van der Waals surface area (Å²) in [7, 11) is 2.22. The first-order valence-electron chi connectivity index (χ1n) is 7.98. The van der Waals surface area contributed by atoms with E-state index in [0.29, 0.717) is 12.0 Å². The molecule has 0 radical (unpaired) electrons. The fourth-order valence-electron chi connectivity index (χ4n) is 2.94. The van der Waals surface area contributed by atoms with Crippen LogP contribution in [0, 0.1) is 0 Å². The van der Waals surface area contributed by atoms with Gasteiger partial charge in [-0.15, -0.1) is 0 Å². The summed E-state index contributed by atoms with van der Waals surface area (Å²) in [6, 6.07) is 6.83. The summed E-state index contributed by atoms with van der Waals surface area (Å²) in [5, 5.41) is 3.55. The van der Waals surface area contributed by atoms with Gasteiger partial charge in [0.05, 0.1) is 0 Å². The van der Waals surface area contributed by atoms with Crippen molar-refractivity contribution in [3.05, 3.63) is 24.1 Å². The van der Waals surface area contributed by atoms with Crippen LogP contribution < -0.4 is 5.32 Å². The van der Waals surface area contributed by atoms with Gasteiger partial charge in [-0.05, 0) is 44.6 Å². The first-order valence-corrected chi connectivity index (χ1v) is 7.98. The van der Waals surface area contributed by atoms with Crippen LogP contribution >= 0.6 is 0 Å². The maximum atomic E-state index is 5.75. The number of hydrogen-bond acceptors (Lipinski definition) is 4. The molecule has 0 bridgehead atoms. The topological polar surface area (TPSA) is 41.3 Å². The third-order valence-corrected chi connectivity index (χ3v) is 4.36. The van der Waals surface area contributed by atoms with Gasteiger partial charge in [0.15, 0.2) is 11.5 Å². The smallest absolute Gasteiger partial charge is 0.198 e. The van der Waals surface area contributed by atoms with E-state index in [1.807, 2.05) is 6.07 Å². The lowest BCUT2D eigenvalue weighted by Crippen LogP contribution is -2.40. The van der Waals surface area contributed by atoms with Gasteiger partial charge in [0, 0.05) is 24.2 Å². The van der Waals surface area contributed by atoms with Crippen LogP contribution in [0.4, 0.5) is 5.69 Å². The van der Waals surface area contributed by atoms with Crippen molar-refractivity contribution < 1.29 is 4.42 Å². The standard InChI is InChI=1S/C17H25N3O/c1-12(2)17-19-15-10-13(7-8-16(15)21-17)18-11-14-6-4-5-9-20(14)3/h7-8,10,12,14,18H,4-6,9,11H2,1-3H3. The van der Waals surface area contributed by atoms with Gasteiger partial charge in [-0.3, -0.25) is 0 Å². The van der Waals surface area contributed by atoms with Gasteiger partial charge in [0.2, 0.25) is 0 Å². The van der Waals surface area contributed by atoms with E-state index in [9.17, 15) is 0 Å². The number of fused-ring (bicyclic) bond motifs is 1. The highest BCUT2D eigenvalue weighted by atomic mass is 16.3. The Balaban J connectivity index is 1.69. The van der Waals surface area contributed by atoms with Crippen molar-refractivity contribution in [1.29, 1.82) is 0 Å². The molecule has 2 heterocycles. The van der Waals surface area contributed by atoms with Gasteiger partial charge < -0.3 is 14.6 Å². The van der Waals surface area contributed by atoms with Crippen LogP contribution in [0.1, 0.15) is 44.9 Å². The predicted octanol–water partition coefficient (Wildman–Crippen LogP) is 3.85. The molecule has 21 heavy (non-hydrogen) atoms. The summed E-state index contributed by atoms with van der Waals surface area (Å²) in [5.74, 6) is 1.14. The number of piperidine rings is 1. The lowest BCUT2D eigenvalue weighted by molar-refractivity contribution is 0.194. The molecule has 1 N–H and O–H groups in total. The second kappa shape index (κ2) is 6.06. The molecule has 4 heteroatoms. The molecule has 1 aromatic heterocycles. The Kier molecular flexibility index (Phi) is 4.15. The normalized spacial score (nSPS) is 20.3. The molecule has 0 amide bonds. The highest BCUT2D eigenvalue weighted by Crippen LogP contribution is 2.24. The third kappa shape index (κ3) is 3.21. The van der Waals surface area contributed by atoms with E-state index in [1.54, 1.807) is 0 Å². The molecule has 0 spiro atoms. The van der Waals surface area contributed by atoms with Gasteiger partial charge in [-0.1, -0.05) is 20.3 Å². The molecule has 114 valence electrons. The molecular formula is C17H25N3O. The van der Waals surface area contributed by atoms with Crippen molar-refractivity contribution in [2.45, 2.75) is 45.1 Å². The van der Waals surface area contributed by atoms with E-state index < -0.39 is 0 Å². The number of benzene rings is 1. The zero-order valence-electron chi connectivity index (χ0n) is 13.2. The number of oxazole rings is 1. The molecule has 3 rings (SSSR count). The molecule has 2 aromatic rings. The van der Waals surface area contributed by atoms with Gasteiger partial charge in [0.25, 0.3) is 0 Å². The molecule has 0 saturated carbocycles. The van der Waals surface area contributed by atoms with Crippen LogP contribution in [0.5, 0.6) is 0 Å². The summed E-state index contributed by atoms with van der Waals surface area (Å²) >= 11 is 0. The average molecular weight is 287 g/mol. The molecule has 1 aliphatic heterocycles. The minimum Gasteiger partial charge on any atom is -0.440 e. The fraction of sp³-hybridized carbons (Fsp3) is 0.588. The lowest BCUT2D eigenvalue weighted by Gasteiger charge is -2.32. The molecule has 1 fully saturated rings. The summed E-state index contributed by atoms with van der Waals surface area (Å²) in [5.41, 5.74) is 2.95. The Bertz CT molecular complexity index is 605. The Morgan fingerprint density at radius 1 is 1.38 bits per heavy atom. The number of rotatable bonds is 4. The van der Waals surface area contributed by atoms with Crippen molar-refractivity contribution in [2.24, 2.45) is 0 Å². The number of nitrogens with zero attached hydrogens (tertiary/aromatic N) is 2. The summed E-state index contributed by atoms with van der Waals surface area (Å²) in [6.07, 6.45) is 3.96. The quantitative estimate of drug-likeness (QED) is 0.927. The number of aromatic nitrogens is 1. The number of likely N-dealkylation sites (tertiary alicyclic amines) is 1. The Labute approximate surface area is 126 Å². The van der Waals surface area contributed by atoms with Gasteiger partial charge >= 0.3 is 0 Å². The van der Waals surface area contributed by atoms with Gasteiger partial charge in [0.1, 0.15) is 5.52 Å². The summed E-state index contributed by atoms with van der Waals surface area (Å²) in [4.78, 5) is 7.03. The molecule has 1 aliphatic rings. The van der Waals surface area contributed by atoms with Crippen molar-refractivity contribution in [3.63, 3.8) is 0 Å². The molecule has 0 aliphatic carbocycles. The van der Waals surface area contributed by atoms with Crippen LogP contribution in [0.15, 0.2) is 22.6 Å². The van der Waals surface area contributed by atoms with Crippen molar-refractivity contribution in [1.82, 2.24) is 9.88 Å². The van der Waals surface area contributed by atoms with Crippen LogP contribution in [0.2, 0.25) is 0 Å². The predicted molar refractivity (Wildman–Crippen MR) is 86.9 cm³/mol. The number of hydrogen-bond donors (Lipinski definition) is 1. The number of anilines is 1. The minimum absolute atomic E-state index is 0.324. The first kappa shape index (κ1) is 14.4. The number of nitrogens with one attached hydrogen (secondary N) is 1. The largest absolute Gasteiger partial charge is 0.440 e. The fourth-order valence-corrected chi connectivity index (χ4v) is 2.94. The molecular weight excluding hydrogens is 262 g/mol. The Morgan fingerprint density at radius 2 is 2.24 bits per heavy atom. The van der Waals surface area contributed by atoms with Crippen LogP contribution in [0.3, 0.4) is 0 Å². The molecule has 4 nitrogen and oxygen atoms in total. The van der Waals surface area contributed by atoms with E-state index in [4.69, 9.17) is 4.42 Å².